The number of aliphatic hydroxyl groups excluding tert-OH is 1. The van der Waals surface area contributed by atoms with Gasteiger partial charge >= 0.3 is 0 Å². The summed E-state index contributed by atoms with van der Waals surface area (Å²) >= 11 is 0. The first-order valence-corrected chi connectivity index (χ1v) is 7.64. The zero-order valence-electron chi connectivity index (χ0n) is 12.9. The zero-order valence-corrected chi connectivity index (χ0v) is 12.9. The Labute approximate surface area is 122 Å². The minimum atomic E-state index is -0.454. The lowest BCUT2D eigenvalue weighted by atomic mass is 9.85. The molecule has 3 unspecified atom stereocenters. The van der Waals surface area contributed by atoms with Crippen LogP contribution in [-0.4, -0.2) is 36.8 Å². The number of hydrogen-bond donors (Lipinski definition) is 1. The maximum absolute atomic E-state index is 10.4. The first-order chi connectivity index (χ1) is 9.61. The van der Waals surface area contributed by atoms with E-state index < -0.39 is 6.10 Å². The molecular weight excluding hydrogens is 250 g/mol. The lowest BCUT2D eigenvalue weighted by Gasteiger charge is -2.37. The summed E-state index contributed by atoms with van der Waals surface area (Å²) in [5.74, 6) is 1.53. The van der Waals surface area contributed by atoms with Crippen molar-refractivity contribution in [2.75, 3.05) is 20.7 Å². The van der Waals surface area contributed by atoms with E-state index >= 15 is 0 Å². The standard InChI is InChI=1S/C17H27NO2/c1-13-7-4-5-10-16(13)18(2)12-17(19)14-8-6-9-15(11-14)20-3/h6,8-9,11,13,16-17,19H,4-5,7,10,12H2,1-3H3. The summed E-state index contributed by atoms with van der Waals surface area (Å²) in [5, 5.41) is 10.4. The van der Waals surface area contributed by atoms with E-state index in [-0.39, 0.29) is 0 Å². The highest BCUT2D eigenvalue weighted by Crippen LogP contribution is 2.29. The number of methoxy groups -OCH3 is 1. The summed E-state index contributed by atoms with van der Waals surface area (Å²) in [6.45, 7) is 3.01. The minimum absolute atomic E-state index is 0.454. The average molecular weight is 277 g/mol. The highest BCUT2D eigenvalue weighted by Gasteiger charge is 2.26. The zero-order chi connectivity index (χ0) is 14.5. The number of benzene rings is 1. The van der Waals surface area contributed by atoms with Gasteiger partial charge in [0.2, 0.25) is 0 Å². The summed E-state index contributed by atoms with van der Waals surface area (Å²) in [6.07, 6.45) is 4.77. The Balaban J connectivity index is 1.97. The second-order valence-corrected chi connectivity index (χ2v) is 6.06. The van der Waals surface area contributed by atoms with Crippen molar-refractivity contribution in [3.05, 3.63) is 29.8 Å². The number of nitrogens with zero attached hydrogens (tertiary/aromatic N) is 1. The van der Waals surface area contributed by atoms with Crippen molar-refractivity contribution in [2.45, 2.75) is 44.8 Å². The molecule has 1 aliphatic rings. The lowest BCUT2D eigenvalue weighted by molar-refractivity contribution is 0.0709. The number of hydrogen-bond acceptors (Lipinski definition) is 3. The molecule has 0 aliphatic heterocycles. The van der Waals surface area contributed by atoms with Crippen LogP contribution < -0.4 is 4.74 Å². The van der Waals surface area contributed by atoms with E-state index in [9.17, 15) is 5.11 Å². The van der Waals surface area contributed by atoms with E-state index in [2.05, 4.69) is 18.9 Å². The number of likely N-dealkylation sites (N-methyl/N-ethyl adjacent to an activating group) is 1. The van der Waals surface area contributed by atoms with Gasteiger partial charge in [0.1, 0.15) is 5.75 Å². The largest absolute Gasteiger partial charge is 0.497 e. The van der Waals surface area contributed by atoms with Gasteiger partial charge in [-0.1, -0.05) is 31.9 Å². The summed E-state index contributed by atoms with van der Waals surface area (Å²) in [6, 6.07) is 8.32. The maximum Gasteiger partial charge on any atom is 0.119 e. The van der Waals surface area contributed by atoms with Crippen molar-refractivity contribution in [3.63, 3.8) is 0 Å². The molecule has 1 aliphatic carbocycles. The SMILES string of the molecule is COc1cccc(C(O)CN(C)C2CCCCC2C)c1. The Morgan fingerprint density at radius 1 is 1.35 bits per heavy atom. The molecule has 0 amide bonds. The van der Waals surface area contributed by atoms with Crippen LogP contribution in [0, 0.1) is 5.92 Å². The van der Waals surface area contributed by atoms with Crippen molar-refractivity contribution < 1.29 is 9.84 Å². The molecule has 0 bridgehead atoms. The summed E-state index contributed by atoms with van der Waals surface area (Å²) in [7, 11) is 3.79. The third kappa shape index (κ3) is 3.74. The van der Waals surface area contributed by atoms with Gasteiger partial charge in [0.25, 0.3) is 0 Å². The van der Waals surface area contributed by atoms with Crippen molar-refractivity contribution in [1.82, 2.24) is 4.90 Å². The van der Waals surface area contributed by atoms with Gasteiger partial charge in [-0.15, -0.1) is 0 Å². The Kier molecular flexibility index (Phi) is 5.44. The maximum atomic E-state index is 10.4. The molecule has 1 N–H and O–H groups in total. The second-order valence-electron chi connectivity index (χ2n) is 6.06. The summed E-state index contributed by atoms with van der Waals surface area (Å²) in [5.41, 5.74) is 0.930. The predicted molar refractivity (Wildman–Crippen MR) is 82.0 cm³/mol. The molecule has 112 valence electrons. The molecule has 0 radical (unpaired) electrons. The molecule has 3 atom stereocenters. The smallest absolute Gasteiger partial charge is 0.119 e. The van der Waals surface area contributed by atoms with Gasteiger partial charge in [0.05, 0.1) is 13.2 Å². The predicted octanol–water partition coefficient (Wildman–Crippen LogP) is 3.24. The number of rotatable bonds is 5. The molecule has 1 aromatic rings. The number of aliphatic hydroxyl groups is 1. The van der Waals surface area contributed by atoms with E-state index in [1.807, 2.05) is 24.3 Å². The summed E-state index contributed by atoms with van der Waals surface area (Å²) < 4.78 is 5.22. The van der Waals surface area contributed by atoms with Crippen LogP contribution in [0.25, 0.3) is 0 Å². The van der Waals surface area contributed by atoms with Crippen LogP contribution in [0.5, 0.6) is 5.75 Å². The van der Waals surface area contributed by atoms with Gasteiger partial charge in [-0.3, -0.25) is 0 Å². The fraction of sp³-hybridized carbons (Fsp3) is 0.647. The molecular formula is C17H27NO2. The lowest BCUT2D eigenvalue weighted by Crippen LogP contribution is -2.41. The van der Waals surface area contributed by atoms with Crippen molar-refractivity contribution in [3.8, 4) is 5.75 Å². The van der Waals surface area contributed by atoms with Gasteiger partial charge in [-0.25, -0.2) is 0 Å². The fourth-order valence-electron chi connectivity index (χ4n) is 3.31. The molecule has 2 rings (SSSR count). The topological polar surface area (TPSA) is 32.7 Å². The third-order valence-corrected chi connectivity index (χ3v) is 4.57. The first kappa shape index (κ1) is 15.3. The Bertz CT molecular complexity index is 421. The molecule has 0 spiro atoms. The van der Waals surface area contributed by atoms with Crippen LogP contribution in [0.1, 0.15) is 44.3 Å². The molecule has 1 fully saturated rings. The van der Waals surface area contributed by atoms with E-state index in [1.54, 1.807) is 7.11 Å². The molecule has 1 saturated carbocycles. The quantitative estimate of drug-likeness (QED) is 0.897. The third-order valence-electron chi connectivity index (χ3n) is 4.57. The van der Waals surface area contributed by atoms with Crippen LogP contribution in [0.15, 0.2) is 24.3 Å². The van der Waals surface area contributed by atoms with Gasteiger partial charge in [-0.2, -0.15) is 0 Å². The van der Waals surface area contributed by atoms with E-state index in [0.29, 0.717) is 12.6 Å². The highest BCUT2D eigenvalue weighted by molar-refractivity contribution is 5.29. The molecule has 3 heteroatoms. The first-order valence-electron chi connectivity index (χ1n) is 7.64. The average Bonchev–Trinajstić information content (AvgIpc) is 2.47. The molecule has 1 aromatic carbocycles. The van der Waals surface area contributed by atoms with Crippen molar-refractivity contribution >= 4 is 0 Å². The number of ether oxygens (including phenoxy) is 1. The fourth-order valence-corrected chi connectivity index (χ4v) is 3.31. The molecule has 0 heterocycles. The second kappa shape index (κ2) is 7.09. The van der Waals surface area contributed by atoms with Gasteiger partial charge < -0.3 is 14.7 Å². The van der Waals surface area contributed by atoms with Gasteiger partial charge in [0.15, 0.2) is 0 Å². The Morgan fingerprint density at radius 2 is 2.10 bits per heavy atom. The normalized spacial score (nSPS) is 24.6. The molecule has 0 aromatic heterocycles. The Morgan fingerprint density at radius 3 is 2.80 bits per heavy atom. The minimum Gasteiger partial charge on any atom is -0.497 e. The van der Waals surface area contributed by atoms with Crippen molar-refractivity contribution in [2.24, 2.45) is 5.92 Å². The molecule has 20 heavy (non-hydrogen) atoms. The molecule has 0 saturated heterocycles. The van der Waals surface area contributed by atoms with Gasteiger partial charge in [0, 0.05) is 12.6 Å². The monoisotopic (exact) mass is 277 g/mol. The van der Waals surface area contributed by atoms with Crippen molar-refractivity contribution in [1.29, 1.82) is 0 Å². The van der Waals surface area contributed by atoms with Gasteiger partial charge in [-0.05, 0) is 43.5 Å². The van der Waals surface area contributed by atoms with E-state index in [0.717, 1.165) is 17.2 Å². The van der Waals surface area contributed by atoms with Crippen LogP contribution in [0.2, 0.25) is 0 Å². The summed E-state index contributed by atoms with van der Waals surface area (Å²) in [4.78, 5) is 2.33. The van der Waals surface area contributed by atoms with E-state index in [1.165, 1.54) is 25.7 Å². The van der Waals surface area contributed by atoms with Crippen LogP contribution >= 0.6 is 0 Å². The van der Waals surface area contributed by atoms with Crippen LogP contribution in [0.3, 0.4) is 0 Å². The van der Waals surface area contributed by atoms with E-state index in [4.69, 9.17) is 4.74 Å². The Hall–Kier alpha value is -1.06. The van der Waals surface area contributed by atoms with Crippen LogP contribution in [-0.2, 0) is 0 Å². The highest BCUT2D eigenvalue weighted by atomic mass is 16.5. The van der Waals surface area contributed by atoms with Crippen LogP contribution in [0.4, 0.5) is 0 Å². The molecule has 3 nitrogen and oxygen atoms in total.